The molecule has 10 heteroatoms. The summed E-state index contributed by atoms with van der Waals surface area (Å²) < 4.78 is 33.5. The summed E-state index contributed by atoms with van der Waals surface area (Å²) in [4.78, 5) is 18.2. The van der Waals surface area contributed by atoms with E-state index in [2.05, 4.69) is 10.3 Å². The van der Waals surface area contributed by atoms with Crippen molar-refractivity contribution in [3.05, 3.63) is 113 Å². The normalized spacial score (nSPS) is 15.8. The molecule has 1 aliphatic rings. The Labute approximate surface area is 263 Å². The van der Waals surface area contributed by atoms with Gasteiger partial charge in [-0.25, -0.2) is 13.8 Å². The molecular weight excluding hydrogens is 598 g/mol. The van der Waals surface area contributed by atoms with E-state index in [9.17, 15) is 18.7 Å². The number of aliphatic hydroxyl groups excluding tert-OH is 1. The number of amides is 1. The largest absolute Gasteiger partial charge is 0.459 e. The molecule has 1 atom stereocenters. The van der Waals surface area contributed by atoms with E-state index in [-0.39, 0.29) is 38.4 Å². The van der Waals surface area contributed by atoms with Gasteiger partial charge in [-0.05, 0) is 76.4 Å². The van der Waals surface area contributed by atoms with Crippen LogP contribution in [0.4, 0.5) is 14.6 Å². The number of anilines is 1. The quantitative estimate of drug-likeness (QED) is 0.154. The van der Waals surface area contributed by atoms with Crippen molar-refractivity contribution in [2.75, 3.05) is 18.8 Å². The molecule has 4 N–H and O–H groups in total. The number of aliphatic hydroxyl groups is 1. The lowest BCUT2D eigenvalue weighted by Gasteiger charge is -2.35. The summed E-state index contributed by atoms with van der Waals surface area (Å²) in [6, 6.07) is 24.3. The molecule has 1 saturated heterocycles. The number of carbonyl (C=O) groups excluding carboxylic acids is 1. The third-order valence-electron chi connectivity index (χ3n) is 7.91. The van der Waals surface area contributed by atoms with Crippen LogP contribution >= 0.6 is 11.6 Å². The zero-order valence-electron chi connectivity index (χ0n) is 24.2. The van der Waals surface area contributed by atoms with Gasteiger partial charge in [0.25, 0.3) is 5.92 Å². The molecule has 0 radical (unpaired) electrons. The first kappa shape index (κ1) is 30.5. The van der Waals surface area contributed by atoms with Gasteiger partial charge in [-0.1, -0.05) is 48.0 Å². The van der Waals surface area contributed by atoms with Crippen LogP contribution in [-0.4, -0.2) is 39.9 Å². The molecule has 0 spiro atoms. The van der Waals surface area contributed by atoms with Gasteiger partial charge in [0.1, 0.15) is 23.4 Å². The Morgan fingerprint density at radius 3 is 2.42 bits per heavy atom. The summed E-state index contributed by atoms with van der Waals surface area (Å²) in [5.41, 5.74) is 11.3. The van der Waals surface area contributed by atoms with E-state index in [0.29, 0.717) is 27.7 Å². The predicted molar refractivity (Wildman–Crippen MR) is 172 cm³/mol. The highest BCUT2D eigenvalue weighted by Gasteiger charge is 2.36. The van der Waals surface area contributed by atoms with Crippen molar-refractivity contribution < 1.29 is 23.1 Å². The number of hydrogen-bond acceptors (Lipinski definition) is 6. The SMILES string of the molecule is Nc1ccc(/C=C/C(=O)NCc2cc3cc(-c4ccc(C(O)N5CCC(F)(F)CC5)cc4)cc(-c4ccc(Cl)cc4)c3o2)cn1. The molecular formula is C35H31ClF2N4O3. The fourth-order valence-electron chi connectivity index (χ4n) is 5.38. The number of alkyl halides is 2. The topological polar surface area (TPSA) is 105 Å². The number of halogens is 3. The second-order valence-electron chi connectivity index (χ2n) is 11.1. The summed E-state index contributed by atoms with van der Waals surface area (Å²) in [6.45, 7) is 0.454. The molecule has 5 aromatic rings. The molecule has 2 aromatic heterocycles. The monoisotopic (exact) mass is 628 g/mol. The first-order chi connectivity index (χ1) is 21.6. The molecule has 3 aromatic carbocycles. The van der Waals surface area contributed by atoms with Crippen molar-refractivity contribution >= 4 is 40.4 Å². The summed E-state index contributed by atoms with van der Waals surface area (Å²) in [7, 11) is 0. The van der Waals surface area contributed by atoms with Crippen molar-refractivity contribution in [1.82, 2.24) is 15.2 Å². The van der Waals surface area contributed by atoms with Crippen molar-refractivity contribution in [3.63, 3.8) is 0 Å². The van der Waals surface area contributed by atoms with Crippen molar-refractivity contribution in [2.24, 2.45) is 0 Å². The van der Waals surface area contributed by atoms with Crippen LogP contribution in [0.2, 0.25) is 5.02 Å². The van der Waals surface area contributed by atoms with Gasteiger partial charge < -0.3 is 20.6 Å². The number of nitrogens with zero attached hydrogens (tertiary/aromatic N) is 2. The van der Waals surface area contributed by atoms with E-state index >= 15 is 0 Å². The number of piperidine rings is 1. The van der Waals surface area contributed by atoms with Gasteiger partial charge in [0.05, 0.1) is 6.54 Å². The molecule has 0 saturated carbocycles. The summed E-state index contributed by atoms with van der Waals surface area (Å²) in [5.74, 6) is -1.97. The number of likely N-dealkylation sites (tertiary alicyclic amines) is 1. The van der Waals surface area contributed by atoms with Crippen LogP contribution in [0.3, 0.4) is 0 Å². The average Bonchev–Trinajstić information content (AvgIpc) is 3.46. The third-order valence-corrected chi connectivity index (χ3v) is 8.17. The molecule has 1 fully saturated rings. The van der Waals surface area contributed by atoms with Gasteiger partial charge in [-0.2, -0.15) is 0 Å². The average molecular weight is 629 g/mol. The lowest BCUT2D eigenvalue weighted by molar-refractivity contribution is -0.116. The number of nitrogen functional groups attached to an aromatic ring is 1. The Kier molecular flexibility index (Phi) is 8.67. The standard InChI is InChI=1S/C35H31ClF2N4O3/c36-28-9-7-24(8-10-28)30-19-26(23-3-5-25(6-4-23)34(44)42-15-13-35(37,38)14-16-42)17-27-18-29(45-33(27)30)21-41-32(43)12-2-22-1-11-31(39)40-20-22/h1-12,17-20,34,44H,13-16,21H2,(H2,39,40)(H,41,43)/b12-2+. The number of pyridine rings is 1. The van der Waals surface area contributed by atoms with Gasteiger partial charge >= 0.3 is 0 Å². The van der Waals surface area contributed by atoms with Crippen LogP contribution in [0, 0.1) is 0 Å². The second kappa shape index (κ2) is 12.8. The van der Waals surface area contributed by atoms with E-state index in [1.165, 1.54) is 6.08 Å². The maximum Gasteiger partial charge on any atom is 0.250 e. The molecule has 0 aliphatic carbocycles. The first-order valence-electron chi connectivity index (χ1n) is 14.5. The minimum atomic E-state index is -2.67. The number of aromatic nitrogens is 1. The smallest absolute Gasteiger partial charge is 0.250 e. The second-order valence-corrected chi connectivity index (χ2v) is 11.6. The van der Waals surface area contributed by atoms with E-state index in [1.807, 2.05) is 66.7 Å². The Morgan fingerprint density at radius 1 is 1.02 bits per heavy atom. The summed E-state index contributed by atoms with van der Waals surface area (Å²) >= 11 is 6.16. The van der Waals surface area contributed by atoms with Gasteiger partial charge in [0.15, 0.2) is 0 Å². The highest BCUT2D eigenvalue weighted by atomic mass is 35.5. The van der Waals surface area contributed by atoms with Crippen molar-refractivity contribution in [3.8, 4) is 22.3 Å². The number of nitrogens with one attached hydrogen (secondary N) is 1. The van der Waals surface area contributed by atoms with Gasteiger partial charge in [-0.15, -0.1) is 0 Å². The number of benzene rings is 3. The maximum absolute atomic E-state index is 13.6. The van der Waals surface area contributed by atoms with Crippen LogP contribution in [0.15, 0.2) is 95.6 Å². The Hall–Kier alpha value is -4.57. The fraction of sp³-hybridized carbons (Fsp3) is 0.200. The van der Waals surface area contributed by atoms with E-state index in [4.69, 9.17) is 21.8 Å². The van der Waals surface area contributed by atoms with Crippen LogP contribution in [0.5, 0.6) is 0 Å². The highest BCUT2D eigenvalue weighted by molar-refractivity contribution is 6.30. The molecule has 3 heterocycles. The van der Waals surface area contributed by atoms with Crippen molar-refractivity contribution in [2.45, 2.75) is 31.5 Å². The molecule has 6 rings (SSSR count). The molecule has 0 bridgehead atoms. The Balaban J connectivity index is 1.24. The number of hydrogen-bond donors (Lipinski definition) is 3. The van der Waals surface area contributed by atoms with E-state index in [0.717, 1.165) is 33.2 Å². The number of rotatable bonds is 8. The minimum absolute atomic E-state index is 0.136. The molecule has 230 valence electrons. The number of fused-ring (bicyclic) bond motifs is 1. The maximum atomic E-state index is 13.6. The molecule has 7 nitrogen and oxygen atoms in total. The molecule has 1 unspecified atom stereocenters. The van der Waals surface area contributed by atoms with Crippen LogP contribution in [0.1, 0.15) is 36.0 Å². The highest BCUT2D eigenvalue weighted by Crippen LogP contribution is 2.37. The van der Waals surface area contributed by atoms with Gasteiger partial charge in [-0.3, -0.25) is 9.69 Å². The molecule has 45 heavy (non-hydrogen) atoms. The summed E-state index contributed by atoms with van der Waals surface area (Å²) in [5, 5.41) is 15.2. The Bertz CT molecular complexity index is 1830. The minimum Gasteiger partial charge on any atom is -0.459 e. The van der Waals surface area contributed by atoms with E-state index < -0.39 is 12.2 Å². The van der Waals surface area contributed by atoms with Gasteiger partial charge in [0.2, 0.25) is 5.91 Å². The molecule has 1 aliphatic heterocycles. The lowest BCUT2D eigenvalue weighted by atomic mass is 9.96. The van der Waals surface area contributed by atoms with E-state index in [1.54, 1.807) is 29.3 Å². The number of carbonyl (C=O) groups is 1. The predicted octanol–water partition coefficient (Wildman–Crippen LogP) is 7.45. The molecule has 1 amide bonds. The van der Waals surface area contributed by atoms with Crippen LogP contribution in [-0.2, 0) is 11.3 Å². The zero-order valence-corrected chi connectivity index (χ0v) is 25.0. The first-order valence-corrected chi connectivity index (χ1v) is 14.9. The summed E-state index contributed by atoms with van der Waals surface area (Å²) in [6.07, 6.45) is 3.19. The number of nitrogens with two attached hydrogens (primary N) is 1. The fourth-order valence-corrected chi connectivity index (χ4v) is 5.50. The van der Waals surface area contributed by atoms with Gasteiger partial charge in [0, 0.05) is 54.2 Å². The Morgan fingerprint density at radius 2 is 1.73 bits per heavy atom. The zero-order chi connectivity index (χ0) is 31.6. The lowest BCUT2D eigenvalue weighted by Crippen LogP contribution is -2.41. The van der Waals surface area contributed by atoms with Crippen molar-refractivity contribution in [1.29, 1.82) is 0 Å². The number of furan rings is 1. The van der Waals surface area contributed by atoms with Crippen LogP contribution < -0.4 is 11.1 Å². The van der Waals surface area contributed by atoms with Crippen LogP contribution in [0.25, 0.3) is 39.3 Å². The third kappa shape index (κ3) is 7.23.